The third-order valence-corrected chi connectivity index (χ3v) is 5.54. The predicted octanol–water partition coefficient (Wildman–Crippen LogP) is 1.40. The number of rotatable bonds is 4. The number of amides is 3. The van der Waals surface area contributed by atoms with Crippen LogP contribution in [0.5, 0.6) is 5.88 Å². The molecule has 11 nitrogen and oxygen atoms in total. The summed E-state index contributed by atoms with van der Waals surface area (Å²) < 4.78 is 5.00. The molecule has 1 saturated heterocycles. The Morgan fingerprint density at radius 3 is 2.75 bits per heavy atom. The molecule has 3 aromatic rings. The molecular weight excluding hydrogens is 414 g/mol. The molecule has 0 radical (unpaired) electrons. The van der Waals surface area contributed by atoms with Gasteiger partial charge in [-0.25, -0.2) is 9.97 Å². The number of ether oxygens (including phenoxy) is 1. The molecule has 0 bridgehead atoms. The van der Waals surface area contributed by atoms with Crippen molar-refractivity contribution in [3.8, 4) is 5.88 Å². The molecule has 0 unspecified atom stereocenters. The molecule has 0 aromatic carbocycles. The second-order valence-corrected chi connectivity index (χ2v) is 7.83. The van der Waals surface area contributed by atoms with Crippen LogP contribution in [0.15, 0.2) is 30.7 Å². The lowest BCUT2D eigenvalue weighted by Crippen LogP contribution is -2.46. The number of nitrogens with zero attached hydrogens (tertiary/aromatic N) is 4. The lowest BCUT2D eigenvalue weighted by Gasteiger charge is -2.38. The number of primary amides is 1. The van der Waals surface area contributed by atoms with Gasteiger partial charge in [0, 0.05) is 18.1 Å². The van der Waals surface area contributed by atoms with Crippen LogP contribution < -0.4 is 15.8 Å². The van der Waals surface area contributed by atoms with Gasteiger partial charge in [0.05, 0.1) is 31.2 Å². The third kappa shape index (κ3) is 4.09. The number of fused-ring (bicyclic) bond motifs is 1. The van der Waals surface area contributed by atoms with Crippen LogP contribution in [0.2, 0.25) is 0 Å². The van der Waals surface area contributed by atoms with Crippen LogP contribution in [0, 0.1) is 5.92 Å². The van der Waals surface area contributed by atoms with Gasteiger partial charge in [-0.05, 0) is 36.5 Å². The summed E-state index contributed by atoms with van der Waals surface area (Å²) in [6.07, 6.45) is 6.30. The van der Waals surface area contributed by atoms with Crippen LogP contribution in [0.1, 0.15) is 41.7 Å². The number of hydrogen-bond donors (Lipinski definition) is 3. The molecule has 4 heterocycles. The summed E-state index contributed by atoms with van der Waals surface area (Å²) >= 11 is 0. The Morgan fingerprint density at radius 2 is 2.00 bits per heavy atom. The number of hydrogen-bond acceptors (Lipinski definition) is 7. The fourth-order valence-electron chi connectivity index (χ4n) is 3.93. The quantitative estimate of drug-likeness (QED) is 0.521. The Morgan fingerprint density at radius 1 is 1.19 bits per heavy atom. The van der Waals surface area contributed by atoms with Crippen molar-refractivity contribution >= 4 is 34.4 Å². The molecule has 166 valence electrons. The Bertz CT molecular complexity index is 1190. The van der Waals surface area contributed by atoms with E-state index in [9.17, 15) is 14.4 Å². The summed E-state index contributed by atoms with van der Waals surface area (Å²) in [5.41, 5.74) is 7.01. The first-order valence-electron chi connectivity index (χ1n) is 10.1. The fourth-order valence-corrected chi connectivity index (χ4v) is 3.93. The van der Waals surface area contributed by atoms with Crippen molar-refractivity contribution in [3.05, 3.63) is 41.9 Å². The topological polar surface area (TPSA) is 156 Å². The Hall–Kier alpha value is -4.02. The van der Waals surface area contributed by atoms with Crippen molar-refractivity contribution in [2.75, 3.05) is 19.0 Å². The molecule has 3 amide bonds. The average molecular weight is 437 g/mol. The summed E-state index contributed by atoms with van der Waals surface area (Å²) in [6, 6.07) is 2.97. The van der Waals surface area contributed by atoms with Crippen LogP contribution in [-0.4, -0.2) is 56.4 Å². The molecule has 1 fully saturated rings. The Kier molecular flexibility index (Phi) is 5.71. The number of pyridine rings is 2. The van der Waals surface area contributed by atoms with Crippen molar-refractivity contribution < 1.29 is 19.1 Å². The molecule has 0 saturated carbocycles. The van der Waals surface area contributed by atoms with Crippen LogP contribution in [0.3, 0.4) is 0 Å². The number of aromatic nitrogens is 4. The Labute approximate surface area is 183 Å². The summed E-state index contributed by atoms with van der Waals surface area (Å²) in [4.78, 5) is 47.4. The van der Waals surface area contributed by atoms with E-state index >= 15 is 0 Å². The lowest BCUT2D eigenvalue weighted by molar-refractivity contribution is -0.146. The van der Waals surface area contributed by atoms with E-state index in [0.29, 0.717) is 18.6 Å². The van der Waals surface area contributed by atoms with Crippen LogP contribution in [0.4, 0.5) is 5.69 Å². The van der Waals surface area contributed by atoms with Gasteiger partial charge in [0.25, 0.3) is 5.91 Å². The van der Waals surface area contributed by atoms with Crippen LogP contribution in [-0.2, 0) is 9.59 Å². The van der Waals surface area contributed by atoms with E-state index in [1.54, 1.807) is 17.3 Å². The average Bonchev–Trinajstić information content (AvgIpc) is 3.26. The summed E-state index contributed by atoms with van der Waals surface area (Å²) in [6.45, 7) is 2.48. The molecule has 2 atom stereocenters. The minimum atomic E-state index is -0.830. The maximum Gasteiger partial charge on any atom is 0.313 e. The highest BCUT2D eigenvalue weighted by atomic mass is 16.5. The highest BCUT2D eigenvalue weighted by Gasteiger charge is 2.34. The normalized spacial score (nSPS) is 18.4. The summed E-state index contributed by atoms with van der Waals surface area (Å²) in [5, 5.41) is 10.1. The standard InChI is InChI=1S/C21H23N7O4/c1-11-3-4-16(12-5-13-8-25-27-18(13)23-7-12)28(10-11)21(31)19(30)26-14-6-15(17(22)29)20(32-2)24-9-14/h5-9,11,16H,3-4,10H2,1-2H3,(H2,22,29)(H,26,30)(H,23,25,27)/t11-,16+/m0/s1. The zero-order valence-corrected chi connectivity index (χ0v) is 17.7. The van der Waals surface area contributed by atoms with E-state index in [1.807, 2.05) is 13.0 Å². The zero-order valence-electron chi connectivity index (χ0n) is 17.7. The fraction of sp³-hybridized carbons (Fsp3) is 0.333. The van der Waals surface area contributed by atoms with Gasteiger partial charge >= 0.3 is 11.8 Å². The molecule has 0 aliphatic carbocycles. The number of piperidine rings is 1. The van der Waals surface area contributed by atoms with Gasteiger partial charge in [0.1, 0.15) is 5.56 Å². The molecule has 0 spiro atoms. The monoisotopic (exact) mass is 437 g/mol. The third-order valence-electron chi connectivity index (χ3n) is 5.54. The van der Waals surface area contributed by atoms with Crippen LogP contribution >= 0.6 is 0 Å². The van der Waals surface area contributed by atoms with E-state index in [0.717, 1.165) is 17.4 Å². The van der Waals surface area contributed by atoms with E-state index in [-0.39, 0.29) is 29.1 Å². The van der Waals surface area contributed by atoms with Crippen molar-refractivity contribution in [2.45, 2.75) is 25.8 Å². The van der Waals surface area contributed by atoms with Gasteiger partial charge in [-0.2, -0.15) is 5.10 Å². The zero-order chi connectivity index (χ0) is 22.8. The molecule has 1 aliphatic heterocycles. The van der Waals surface area contributed by atoms with E-state index in [4.69, 9.17) is 10.5 Å². The van der Waals surface area contributed by atoms with Gasteiger partial charge in [0.2, 0.25) is 5.88 Å². The number of aromatic amines is 1. The number of carbonyl (C=O) groups excluding carboxylic acids is 3. The molecule has 3 aromatic heterocycles. The van der Waals surface area contributed by atoms with Crippen molar-refractivity contribution in [3.63, 3.8) is 0 Å². The van der Waals surface area contributed by atoms with E-state index < -0.39 is 17.7 Å². The van der Waals surface area contributed by atoms with Gasteiger partial charge in [-0.3, -0.25) is 19.5 Å². The Balaban J connectivity index is 1.57. The summed E-state index contributed by atoms with van der Waals surface area (Å²) in [7, 11) is 1.35. The molecule has 32 heavy (non-hydrogen) atoms. The highest BCUT2D eigenvalue weighted by molar-refractivity contribution is 6.39. The number of likely N-dealkylation sites (tertiary alicyclic amines) is 1. The molecule has 1 aliphatic rings. The number of carbonyl (C=O) groups is 3. The number of nitrogens with one attached hydrogen (secondary N) is 2. The van der Waals surface area contributed by atoms with E-state index in [1.165, 1.54) is 19.4 Å². The number of H-pyrrole nitrogens is 1. The smallest absolute Gasteiger partial charge is 0.313 e. The second-order valence-electron chi connectivity index (χ2n) is 7.83. The first-order valence-corrected chi connectivity index (χ1v) is 10.1. The molecule has 4 N–H and O–H groups in total. The number of anilines is 1. The molecule has 11 heteroatoms. The largest absolute Gasteiger partial charge is 0.480 e. The van der Waals surface area contributed by atoms with Gasteiger partial charge in [-0.1, -0.05) is 6.92 Å². The molecule has 4 rings (SSSR count). The van der Waals surface area contributed by atoms with Crippen molar-refractivity contribution in [1.82, 2.24) is 25.1 Å². The lowest BCUT2D eigenvalue weighted by atomic mass is 9.90. The SMILES string of the molecule is COc1ncc(NC(=O)C(=O)N2C[C@@H](C)CC[C@@H]2c2cnc3[nH]ncc3c2)cc1C(N)=O. The minimum Gasteiger partial charge on any atom is -0.480 e. The maximum absolute atomic E-state index is 13.1. The summed E-state index contributed by atoms with van der Waals surface area (Å²) in [5.74, 6) is -1.98. The van der Waals surface area contributed by atoms with Crippen molar-refractivity contribution in [1.29, 1.82) is 0 Å². The highest BCUT2D eigenvalue weighted by Crippen LogP contribution is 2.34. The van der Waals surface area contributed by atoms with Crippen molar-refractivity contribution in [2.24, 2.45) is 11.7 Å². The first-order chi connectivity index (χ1) is 15.4. The van der Waals surface area contributed by atoms with Gasteiger partial charge in [-0.15, -0.1) is 0 Å². The first kappa shape index (κ1) is 21.2. The van der Waals surface area contributed by atoms with Gasteiger partial charge in [0.15, 0.2) is 5.65 Å². The molecular formula is C21H23N7O4. The second kappa shape index (κ2) is 8.61. The predicted molar refractivity (Wildman–Crippen MR) is 115 cm³/mol. The minimum absolute atomic E-state index is 0.00158. The van der Waals surface area contributed by atoms with Gasteiger partial charge < -0.3 is 20.7 Å². The number of nitrogens with two attached hydrogens (primary N) is 1. The van der Waals surface area contributed by atoms with E-state index in [2.05, 4.69) is 25.5 Å². The number of methoxy groups -OCH3 is 1. The van der Waals surface area contributed by atoms with Crippen LogP contribution in [0.25, 0.3) is 11.0 Å². The maximum atomic E-state index is 13.1.